The summed E-state index contributed by atoms with van der Waals surface area (Å²) in [4.78, 5) is 9.68. The number of hydrogen-bond donors (Lipinski definition) is 1. The lowest BCUT2D eigenvalue weighted by molar-refractivity contribution is 0.599. The van der Waals surface area contributed by atoms with Crippen LogP contribution in [0.2, 0.25) is 0 Å². The Kier molecular flexibility index (Phi) is 4.93. The van der Waals surface area contributed by atoms with Crippen LogP contribution in [0.25, 0.3) is 11.1 Å². The van der Waals surface area contributed by atoms with Gasteiger partial charge in [-0.3, -0.25) is 0 Å². The summed E-state index contributed by atoms with van der Waals surface area (Å²) in [6, 6.07) is 17.3. The average Bonchev–Trinajstić information content (AvgIpc) is 3.57. The van der Waals surface area contributed by atoms with Crippen molar-refractivity contribution >= 4 is 24.1 Å². The molecule has 0 amide bonds. The molecular formula is C26H26N8. The molecule has 1 N–H and O–H groups in total. The van der Waals surface area contributed by atoms with Crippen molar-refractivity contribution in [1.29, 1.82) is 5.26 Å². The van der Waals surface area contributed by atoms with Crippen molar-refractivity contribution in [3.05, 3.63) is 65.6 Å². The number of nitrogens with one attached hydrogen (secondary N) is 1. The number of pyridine rings is 1. The van der Waals surface area contributed by atoms with E-state index in [1.807, 2.05) is 36.2 Å². The number of nitriles is 1. The molecule has 0 spiro atoms. The van der Waals surface area contributed by atoms with Crippen molar-refractivity contribution in [1.82, 2.24) is 14.9 Å². The summed E-state index contributed by atoms with van der Waals surface area (Å²) in [5.74, 6) is 1.77. The number of rotatable bonds is 3. The van der Waals surface area contributed by atoms with Gasteiger partial charge in [0.05, 0.1) is 35.3 Å². The molecule has 170 valence electrons. The lowest BCUT2D eigenvalue weighted by Gasteiger charge is -2.26. The molecule has 3 aromatic rings. The van der Waals surface area contributed by atoms with Gasteiger partial charge in [0.1, 0.15) is 5.82 Å². The molecule has 0 saturated carbocycles. The third-order valence-electron chi connectivity index (χ3n) is 7.26. The molecule has 2 fully saturated rings. The molecule has 0 bridgehead atoms. The summed E-state index contributed by atoms with van der Waals surface area (Å²) in [7, 11) is 2.00. The van der Waals surface area contributed by atoms with Gasteiger partial charge in [-0.15, -0.1) is 5.10 Å². The van der Waals surface area contributed by atoms with Gasteiger partial charge in [0.15, 0.2) is 5.84 Å². The molecule has 3 aliphatic heterocycles. The van der Waals surface area contributed by atoms with Crippen LogP contribution in [0, 0.1) is 11.3 Å². The number of aromatic nitrogens is 2. The Morgan fingerprint density at radius 2 is 2.00 bits per heavy atom. The van der Waals surface area contributed by atoms with Gasteiger partial charge in [0.2, 0.25) is 0 Å². The SMILES string of the molecule is C=N/N=C1/c2cc(-c3ccc(C#N)cc3)cn2Cc2nc(N3CC[C@H]4NCC[C@@H]43)ccc2N1C. The first-order chi connectivity index (χ1) is 16.7. The highest BCUT2D eigenvalue weighted by Gasteiger charge is 2.38. The Balaban J connectivity index is 1.41. The molecule has 8 nitrogen and oxygen atoms in total. The molecule has 5 heterocycles. The van der Waals surface area contributed by atoms with Crippen LogP contribution in [0.3, 0.4) is 0 Å². The largest absolute Gasteiger partial charge is 0.352 e. The van der Waals surface area contributed by atoms with Crippen LogP contribution in [-0.2, 0) is 6.54 Å². The summed E-state index contributed by atoms with van der Waals surface area (Å²) in [5, 5.41) is 21.0. The molecular weight excluding hydrogens is 424 g/mol. The number of anilines is 2. The van der Waals surface area contributed by atoms with E-state index in [4.69, 9.17) is 10.2 Å². The Hall–Kier alpha value is -3.96. The zero-order valence-corrected chi connectivity index (χ0v) is 19.1. The number of amidine groups is 1. The highest BCUT2D eigenvalue weighted by atomic mass is 15.3. The van der Waals surface area contributed by atoms with E-state index in [1.165, 1.54) is 12.8 Å². The number of nitrogens with zero attached hydrogens (tertiary/aromatic N) is 7. The zero-order chi connectivity index (χ0) is 23.2. The fourth-order valence-electron chi connectivity index (χ4n) is 5.57. The molecule has 6 rings (SSSR count). The van der Waals surface area contributed by atoms with Crippen molar-refractivity contribution in [2.45, 2.75) is 31.5 Å². The van der Waals surface area contributed by atoms with Crippen molar-refractivity contribution < 1.29 is 0 Å². The first kappa shape index (κ1) is 20.6. The van der Waals surface area contributed by atoms with E-state index >= 15 is 0 Å². The van der Waals surface area contributed by atoms with E-state index in [9.17, 15) is 0 Å². The van der Waals surface area contributed by atoms with Gasteiger partial charge >= 0.3 is 0 Å². The molecule has 2 saturated heterocycles. The summed E-state index contributed by atoms with van der Waals surface area (Å²) in [5.41, 5.74) is 5.74. The lowest BCUT2D eigenvalue weighted by Crippen LogP contribution is -2.35. The topological polar surface area (TPSA) is 84.8 Å². The maximum atomic E-state index is 9.12. The third kappa shape index (κ3) is 3.28. The van der Waals surface area contributed by atoms with Crippen LogP contribution >= 0.6 is 0 Å². The second-order valence-electron chi connectivity index (χ2n) is 9.09. The lowest BCUT2D eigenvalue weighted by atomic mass is 10.1. The van der Waals surface area contributed by atoms with E-state index in [-0.39, 0.29) is 0 Å². The Morgan fingerprint density at radius 1 is 1.15 bits per heavy atom. The van der Waals surface area contributed by atoms with Crippen LogP contribution in [-0.4, -0.2) is 54.3 Å². The van der Waals surface area contributed by atoms with Crippen molar-refractivity contribution in [2.24, 2.45) is 10.2 Å². The van der Waals surface area contributed by atoms with Crippen LogP contribution in [0.5, 0.6) is 0 Å². The van der Waals surface area contributed by atoms with E-state index in [2.05, 4.69) is 62.2 Å². The van der Waals surface area contributed by atoms with Crippen LogP contribution in [0.1, 0.15) is 29.8 Å². The first-order valence-electron chi connectivity index (χ1n) is 11.6. The predicted octanol–water partition coefficient (Wildman–Crippen LogP) is 3.22. The molecule has 8 heteroatoms. The van der Waals surface area contributed by atoms with Crippen LogP contribution in [0.4, 0.5) is 11.5 Å². The number of hydrogen-bond acceptors (Lipinski definition) is 6. The fourth-order valence-corrected chi connectivity index (χ4v) is 5.57. The van der Waals surface area contributed by atoms with E-state index in [0.717, 1.165) is 52.9 Å². The molecule has 3 aliphatic rings. The summed E-state index contributed by atoms with van der Waals surface area (Å²) in [6.07, 6.45) is 4.46. The molecule has 0 aliphatic carbocycles. The van der Waals surface area contributed by atoms with E-state index in [0.29, 0.717) is 24.2 Å². The maximum Gasteiger partial charge on any atom is 0.179 e. The average molecular weight is 451 g/mol. The Morgan fingerprint density at radius 3 is 2.79 bits per heavy atom. The third-order valence-corrected chi connectivity index (χ3v) is 7.26. The van der Waals surface area contributed by atoms with E-state index < -0.39 is 0 Å². The summed E-state index contributed by atoms with van der Waals surface area (Å²) >= 11 is 0. The van der Waals surface area contributed by atoms with Gasteiger partial charge in [0, 0.05) is 44.2 Å². The van der Waals surface area contributed by atoms with Crippen molar-refractivity contribution in [3.8, 4) is 17.2 Å². The zero-order valence-electron chi connectivity index (χ0n) is 19.1. The predicted molar refractivity (Wildman–Crippen MR) is 135 cm³/mol. The summed E-state index contributed by atoms with van der Waals surface area (Å²) < 4.78 is 2.18. The van der Waals surface area contributed by atoms with Gasteiger partial charge in [-0.1, -0.05) is 12.1 Å². The minimum Gasteiger partial charge on any atom is -0.352 e. The standard InChI is InChI=1S/C26H26N8/c1-28-31-26-24-13-19(18-5-3-17(14-27)4-6-18)15-33(24)16-21-22(32(26)2)7-8-25(30-21)34-12-10-20-23(34)9-11-29-20/h3-8,13,15,20,23,29H,1,9-12,16H2,2H3/b31-26-/t20-,23+/m1/s1. The van der Waals surface area contributed by atoms with Crippen molar-refractivity contribution in [2.75, 3.05) is 29.9 Å². The maximum absolute atomic E-state index is 9.12. The molecule has 2 aromatic heterocycles. The quantitative estimate of drug-likeness (QED) is 0.489. The normalized spacial score (nSPS) is 22.2. The first-order valence-corrected chi connectivity index (χ1v) is 11.6. The van der Waals surface area contributed by atoms with Crippen molar-refractivity contribution in [3.63, 3.8) is 0 Å². The highest BCUT2D eigenvalue weighted by Crippen LogP contribution is 2.34. The fraction of sp³-hybridized carbons (Fsp3) is 0.308. The smallest absolute Gasteiger partial charge is 0.179 e. The van der Waals surface area contributed by atoms with Gasteiger partial charge in [-0.25, -0.2) is 4.98 Å². The number of benzene rings is 1. The monoisotopic (exact) mass is 450 g/mol. The van der Waals surface area contributed by atoms with Gasteiger partial charge in [0.25, 0.3) is 0 Å². The van der Waals surface area contributed by atoms with Gasteiger partial charge < -0.3 is 19.7 Å². The van der Waals surface area contributed by atoms with E-state index in [1.54, 1.807) is 0 Å². The Labute approximate surface area is 198 Å². The van der Waals surface area contributed by atoms with Crippen LogP contribution in [0.15, 0.2) is 58.9 Å². The van der Waals surface area contributed by atoms with Crippen LogP contribution < -0.4 is 15.1 Å². The molecule has 0 radical (unpaired) electrons. The summed E-state index contributed by atoms with van der Waals surface area (Å²) in [6.45, 7) is 6.35. The molecule has 34 heavy (non-hydrogen) atoms. The van der Waals surface area contributed by atoms with Gasteiger partial charge in [-0.05, 0) is 55.3 Å². The highest BCUT2D eigenvalue weighted by molar-refractivity contribution is 6.10. The minimum atomic E-state index is 0.529. The second kappa shape index (κ2) is 8.12. The Bertz CT molecular complexity index is 1330. The molecule has 1 aromatic carbocycles. The minimum absolute atomic E-state index is 0.529. The molecule has 0 unspecified atom stereocenters. The number of fused-ring (bicyclic) bond motifs is 3. The molecule has 2 atom stereocenters. The van der Waals surface area contributed by atoms with Gasteiger partial charge in [-0.2, -0.15) is 10.4 Å². The second-order valence-corrected chi connectivity index (χ2v) is 9.09.